The highest BCUT2D eigenvalue weighted by Gasteiger charge is 2.26. The Balaban J connectivity index is 2.30. The molecule has 0 radical (unpaired) electrons. The van der Waals surface area contributed by atoms with Crippen LogP contribution < -0.4 is 10.1 Å². The van der Waals surface area contributed by atoms with E-state index >= 15 is 0 Å². The fourth-order valence-corrected chi connectivity index (χ4v) is 1.47. The van der Waals surface area contributed by atoms with Crippen molar-refractivity contribution in [2.24, 2.45) is 0 Å². The number of hydrogen-bond acceptors (Lipinski definition) is 3. The number of carbonyl (C=O) groups is 1. The molecule has 1 fully saturated rings. The Morgan fingerprint density at radius 1 is 1.60 bits per heavy atom. The van der Waals surface area contributed by atoms with E-state index < -0.39 is 12.1 Å². The van der Waals surface area contributed by atoms with Crippen LogP contribution in [0.5, 0.6) is 5.75 Å². The zero-order chi connectivity index (χ0) is 10.8. The molecule has 1 N–H and O–H groups in total. The van der Waals surface area contributed by atoms with Crippen LogP contribution >= 0.6 is 0 Å². The molecule has 15 heavy (non-hydrogen) atoms. The third-order valence-electron chi connectivity index (χ3n) is 2.25. The number of cyclic esters (lactones) is 1. The van der Waals surface area contributed by atoms with Gasteiger partial charge in [-0.25, -0.2) is 9.18 Å². The Kier molecular flexibility index (Phi) is 2.45. The summed E-state index contributed by atoms with van der Waals surface area (Å²) in [5.74, 6) is 0.166. The second kappa shape index (κ2) is 3.76. The first-order valence-corrected chi connectivity index (χ1v) is 4.47. The smallest absolute Gasteiger partial charge is 0.407 e. The lowest BCUT2D eigenvalue weighted by Gasteiger charge is -2.10. The molecule has 1 atom stereocenters. The van der Waals surface area contributed by atoms with Gasteiger partial charge in [0.2, 0.25) is 0 Å². The number of amides is 1. The minimum Gasteiger partial charge on any atom is -0.497 e. The van der Waals surface area contributed by atoms with Gasteiger partial charge in [-0.1, -0.05) is 0 Å². The Labute approximate surface area is 86.0 Å². The molecule has 5 heteroatoms. The van der Waals surface area contributed by atoms with Gasteiger partial charge < -0.3 is 14.8 Å². The van der Waals surface area contributed by atoms with Crippen molar-refractivity contribution in [3.8, 4) is 5.75 Å². The van der Waals surface area contributed by atoms with E-state index in [1.165, 1.54) is 19.2 Å². The maximum atomic E-state index is 13.4. The van der Waals surface area contributed by atoms with E-state index in [4.69, 9.17) is 9.47 Å². The zero-order valence-corrected chi connectivity index (χ0v) is 8.12. The number of rotatable bonds is 2. The molecule has 0 saturated carbocycles. The lowest BCUT2D eigenvalue weighted by molar-refractivity contribution is 0.176. The Morgan fingerprint density at radius 3 is 3.00 bits per heavy atom. The van der Waals surface area contributed by atoms with Gasteiger partial charge in [0.1, 0.15) is 18.2 Å². The summed E-state index contributed by atoms with van der Waals surface area (Å²) in [6.45, 7) is 0.142. The molecule has 4 nitrogen and oxygen atoms in total. The molecule has 1 aromatic carbocycles. The zero-order valence-electron chi connectivity index (χ0n) is 8.12. The summed E-state index contributed by atoms with van der Waals surface area (Å²) in [5, 5.41) is 2.51. The van der Waals surface area contributed by atoms with Crippen molar-refractivity contribution in [3.63, 3.8) is 0 Å². The molecule has 0 bridgehead atoms. The maximum Gasteiger partial charge on any atom is 0.407 e. The molecule has 0 unspecified atom stereocenters. The van der Waals surface area contributed by atoms with E-state index in [1.54, 1.807) is 6.07 Å². The van der Waals surface area contributed by atoms with Crippen LogP contribution in [-0.4, -0.2) is 19.8 Å². The Bertz CT molecular complexity index is 394. The van der Waals surface area contributed by atoms with Crippen LogP contribution in [0.2, 0.25) is 0 Å². The van der Waals surface area contributed by atoms with Crippen molar-refractivity contribution in [1.29, 1.82) is 0 Å². The summed E-state index contributed by atoms with van der Waals surface area (Å²) in [4.78, 5) is 10.8. The Hall–Kier alpha value is -1.78. The summed E-state index contributed by atoms with van der Waals surface area (Å²) in [7, 11) is 1.50. The number of halogens is 1. The molecular weight excluding hydrogens is 201 g/mol. The summed E-state index contributed by atoms with van der Waals surface area (Å²) in [5.41, 5.74) is 0.375. The molecular formula is C10H10FNO3. The van der Waals surface area contributed by atoms with Gasteiger partial charge in [0, 0.05) is 5.56 Å². The summed E-state index contributed by atoms with van der Waals surface area (Å²) in [6.07, 6.45) is -0.526. The van der Waals surface area contributed by atoms with E-state index in [9.17, 15) is 9.18 Å². The van der Waals surface area contributed by atoms with Crippen molar-refractivity contribution in [3.05, 3.63) is 29.6 Å². The van der Waals surface area contributed by atoms with Gasteiger partial charge in [-0.3, -0.25) is 0 Å². The normalized spacial score (nSPS) is 19.6. The molecule has 0 spiro atoms. The van der Waals surface area contributed by atoms with Crippen LogP contribution in [0.25, 0.3) is 0 Å². The molecule has 0 aliphatic carbocycles. The van der Waals surface area contributed by atoms with Gasteiger partial charge in [0.25, 0.3) is 0 Å². The minimum absolute atomic E-state index is 0.142. The van der Waals surface area contributed by atoms with Gasteiger partial charge in [0.05, 0.1) is 13.2 Å². The standard InChI is InChI=1S/C10H10FNO3/c1-14-6-2-3-8(11)7(4-6)9-5-15-10(13)12-9/h2-4,9H,5H2,1H3,(H,12,13)/t9-/m1/s1. The minimum atomic E-state index is -0.526. The lowest BCUT2D eigenvalue weighted by atomic mass is 10.1. The first-order valence-electron chi connectivity index (χ1n) is 4.47. The highest BCUT2D eigenvalue weighted by atomic mass is 19.1. The molecule has 1 aliphatic heterocycles. The fraction of sp³-hybridized carbons (Fsp3) is 0.300. The fourth-order valence-electron chi connectivity index (χ4n) is 1.47. The van der Waals surface area contributed by atoms with Crippen LogP contribution in [0.15, 0.2) is 18.2 Å². The molecule has 2 rings (SSSR count). The lowest BCUT2D eigenvalue weighted by Crippen LogP contribution is -2.19. The molecule has 1 aromatic rings. The predicted molar refractivity (Wildman–Crippen MR) is 50.2 cm³/mol. The van der Waals surface area contributed by atoms with E-state index in [0.29, 0.717) is 11.3 Å². The maximum absolute atomic E-state index is 13.4. The SMILES string of the molecule is COc1ccc(F)c([C@H]2COC(=O)N2)c1. The number of benzene rings is 1. The van der Waals surface area contributed by atoms with Gasteiger partial charge in [-0.05, 0) is 18.2 Å². The van der Waals surface area contributed by atoms with Crippen LogP contribution in [0, 0.1) is 5.82 Å². The quantitative estimate of drug-likeness (QED) is 0.808. The predicted octanol–water partition coefficient (Wildman–Crippen LogP) is 1.62. The molecule has 1 amide bonds. The average Bonchev–Trinajstić information content (AvgIpc) is 2.65. The monoisotopic (exact) mass is 211 g/mol. The summed E-state index contributed by atoms with van der Waals surface area (Å²) in [6, 6.07) is 3.94. The largest absolute Gasteiger partial charge is 0.497 e. The van der Waals surface area contributed by atoms with Crippen LogP contribution in [-0.2, 0) is 4.74 Å². The summed E-state index contributed by atoms with van der Waals surface area (Å²) < 4.78 is 23.1. The molecule has 80 valence electrons. The number of hydrogen-bond donors (Lipinski definition) is 1. The Morgan fingerprint density at radius 2 is 2.40 bits per heavy atom. The van der Waals surface area contributed by atoms with Crippen molar-refractivity contribution < 1.29 is 18.7 Å². The number of ether oxygens (including phenoxy) is 2. The second-order valence-electron chi connectivity index (χ2n) is 3.18. The van der Waals surface area contributed by atoms with Crippen molar-refractivity contribution >= 4 is 6.09 Å². The second-order valence-corrected chi connectivity index (χ2v) is 3.18. The van der Waals surface area contributed by atoms with E-state index in [2.05, 4.69) is 5.32 Å². The molecule has 1 saturated heterocycles. The molecule has 1 heterocycles. The van der Waals surface area contributed by atoms with Crippen molar-refractivity contribution in [2.75, 3.05) is 13.7 Å². The first kappa shape index (κ1) is 9.76. The number of nitrogens with one attached hydrogen (secondary N) is 1. The van der Waals surface area contributed by atoms with Crippen LogP contribution in [0.3, 0.4) is 0 Å². The van der Waals surface area contributed by atoms with Gasteiger partial charge in [0.15, 0.2) is 0 Å². The average molecular weight is 211 g/mol. The van der Waals surface area contributed by atoms with Crippen LogP contribution in [0.1, 0.15) is 11.6 Å². The number of carbonyl (C=O) groups excluding carboxylic acids is 1. The molecule has 1 aliphatic rings. The first-order chi connectivity index (χ1) is 7.20. The van der Waals surface area contributed by atoms with Gasteiger partial charge in [-0.2, -0.15) is 0 Å². The van der Waals surface area contributed by atoms with Gasteiger partial charge >= 0.3 is 6.09 Å². The van der Waals surface area contributed by atoms with Gasteiger partial charge in [-0.15, -0.1) is 0 Å². The molecule has 0 aromatic heterocycles. The highest BCUT2D eigenvalue weighted by molar-refractivity contribution is 5.70. The highest BCUT2D eigenvalue weighted by Crippen LogP contribution is 2.25. The van der Waals surface area contributed by atoms with E-state index in [-0.39, 0.29) is 12.4 Å². The van der Waals surface area contributed by atoms with Crippen molar-refractivity contribution in [2.45, 2.75) is 6.04 Å². The summed E-state index contributed by atoms with van der Waals surface area (Å²) >= 11 is 0. The topological polar surface area (TPSA) is 47.6 Å². The van der Waals surface area contributed by atoms with Crippen LogP contribution in [0.4, 0.5) is 9.18 Å². The van der Waals surface area contributed by atoms with E-state index in [1.807, 2.05) is 0 Å². The van der Waals surface area contributed by atoms with Crippen molar-refractivity contribution in [1.82, 2.24) is 5.32 Å². The van der Waals surface area contributed by atoms with E-state index in [0.717, 1.165) is 0 Å². The third kappa shape index (κ3) is 1.86. The third-order valence-corrected chi connectivity index (χ3v) is 2.25. The number of methoxy groups -OCH3 is 1. The number of alkyl carbamates (subject to hydrolysis) is 1.